The van der Waals surface area contributed by atoms with Crippen molar-refractivity contribution in [3.8, 4) is 0 Å². The highest BCUT2D eigenvalue weighted by Gasteiger charge is 2.38. The van der Waals surface area contributed by atoms with Gasteiger partial charge in [-0.1, -0.05) is 48.0 Å². The Morgan fingerprint density at radius 3 is 1.75 bits per heavy atom. The van der Waals surface area contributed by atoms with Gasteiger partial charge < -0.3 is 5.73 Å². The molecule has 0 heterocycles. The van der Waals surface area contributed by atoms with E-state index in [0.29, 0.717) is 17.9 Å². The van der Waals surface area contributed by atoms with Gasteiger partial charge in [0.15, 0.2) is 0 Å². The minimum Gasteiger partial charge on any atom is -0.329 e. The third kappa shape index (κ3) is 6.13. The van der Waals surface area contributed by atoms with E-state index in [1.54, 1.807) is 0 Å². The zero-order valence-electron chi connectivity index (χ0n) is 15.2. The molecule has 0 aromatic heterocycles. The van der Waals surface area contributed by atoms with Gasteiger partial charge in [-0.25, -0.2) is 0 Å². The van der Waals surface area contributed by atoms with Gasteiger partial charge in [0.1, 0.15) is 0 Å². The molecule has 2 heteroatoms. The molecule has 0 amide bonds. The van der Waals surface area contributed by atoms with E-state index in [1.165, 1.54) is 38.6 Å². The van der Waals surface area contributed by atoms with Gasteiger partial charge in [0, 0.05) is 18.1 Å². The van der Waals surface area contributed by atoms with Crippen LogP contribution in [0.5, 0.6) is 0 Å². The summed E-state index contributed by atoms with van der Waals surface area (Å²) in [6.07, 6.45) is 6.19. The van der Waals surface area contributed by atoms with Gasteiger partial charge in [-0.05, 0) is 51.0 Å². The van der Waals surface area contributed by atoms with E-state index < -0.39 is 0 Å². The van der Waals surface area contributed by atoms with Crippen LogP contribution in [0.2, 0.25) is 0 Å². The molecule has 0 spiro atoms. The predicted octanol–water partition coefficient (Wildman–Crippen LogP) is 4.68. The van der Waals surface area contributed by atoms with Crippen LogP contribution in [-0.2, 0) is 0 Å². The maximum absolute atomic E-state index is 6.33. The van der Waals surface area contributed by atoms with Crippen molar-refractivity contribution < 1.29 is 0 Å². The largest absolute Gasteiger partial charge is 0.329 e. The van der Waals surface area contributed by atoms with Gasteiger partial charge in [0.05, 0.1) is 0 Å². The van der Waals surface area contributed by atoms with Crippen LogP contribution in [-0.4, -0.2) is 29.6 Å². The zero-order valence-corrected chi connectivity index (χ0v) is 15.2. The summed E-state index contributed by atoms with van der Waals surface area (Å²) in [7, 11) is 0. The lowest BCUT2D eigenvalue weighted by Gasteiger charge is -2.49. The molecule has 1 atom stereocenters. The first-order valence-corrected chi connectivity index (χ1v) is 8.79. The molecule has 0 rings (SSSR count). The van der Waals surface area contributed by atoms with Gasteiger partial charge in [0.2, 0.25) is 0 Å². The number of hydrogen-bond donors (Lipinski definition) is 1. The summed E-state index contributed by atoms with van der Waals surface area (Å²) >= 11 is 0. The number of rotatable bonds is 11. The number of nitrogens with zero attached hydrogens (tertiary/aromatic N) is 1. The Kier molecular flexibility index (Phi) is 9.74. The van der Waals surface area contributed by atoms with E-state index in [-0.39, 0.29) is 5.54 Å². The summed E-state index contributed by atoms with van der Waals surface area (Å²) in [6.45, 7) is 18.3. The van der Waals surface area contributed by atoms with Crippen molar-refractivity contribution >= 4 is 0 Å². The number of nitrogens with two attached hydrogens (primary N) is 1. The fourth-order valence-electron chi connectivity index (χ4n) is 3.60. The lowest BCUT2D eigenvalue weighted by molar-refractivity contribution is 0.0184. The Morgan fingerprint density at radius 2 is 1.45 bits per heavy atom. The van der Waals surface area contributed by atoms with Gasteiger partial charge in [-0.15, -0.1) is 0 Å². The fourth-order valence-corrected chi connectivity index (χ4v) is 3.60. The Balaban J connectivity index is 5.33. The number of unbranched alkanes of at least 4 members (excludes halogenated alkanes) is 1. The molecule has 0 aliphatic carbocycles. The van der Waals surface area contributed by atoms with Crippen LogP contribution >= 0.6 is 0 Å². The first-order valence-electron chi connectivity index (χ1n) is 8.79. The second-order valence-electron chi connectivity index (χ2n) is 7.43. The summed E-state index contributed by atoms with van der Waals surface area (Å²) in [4.78, 5) is 2.75. The predicted molar refractivity (Wildman–Crippen MR) is 92.1 cm³/mol. The quantitative estimate of drug-likeness (QED) is 0.597. The Labute approximate surface area is 128 Å². The highest BCUT2D eigenvalue weighted by atomic mass is 15.2. The molecule has 20 heavy (non-hydrogen) atoms. The van der Waals surface area contributed by atoms with Gasteiger partial charge >= 0.3 is 0 Å². The summed E-state index contributed by atoms with van der Waals surface area (Å²) in [5.41, 5.74) is 6.52. The molecule has 2 nitrogen and oxygen atoms in total. The molecule has 0 aromatic rings. The zero-order chi connectivity index (χ0) is 15.8. The molecular formula is C18H40N2. The minimum absolute atomic E-state index is 0.187. The molecule has 1 unspecified atom stereocenters. The molecule has 0 radical (unpaired) electrons. The monoisotopic (exact) mass is 284 g/mol. The highest BCUT2D eigenvalue weighted by molar-refractivity contribution is 4.95. The molecule has 122 valence electrons. The molecule has 0 saturated carbocycles. The van der Waals surface area contributed by atoms with Crippen LogP contribution in [0, 0.1) is 11.8 Å². The first kappa shape index (κ1) is 19.9. The third-order valence-corrected chi connectivity index (χ3v) is 4.44. The van der Waals surface area contributed by atoms with Crippen molar-refractivity contribution in [2.75, 3.05) is 13.1 Å². The van der Waals surface area contributed by atoms with Crippen LogP contribution in [0.4, 0.5) is 0 Å². The van der Waals surface area contributed by atoms with Crippen LogP contribution in [0.25, 0.3) is 0 Å². The van der Waals surface area contributed by atoms with Crippen molar-refractivity contribution in [2.45, 2.75) is 92.2 Å². The Hall–Kier alpha value is -0.0800. The molecule has 0 bridgehead atoms. The first-order chi connectivity index (χ1) is 9.32. The summed E-state index contributed by atoms with van der Waals surface area (Å²) < 4.78 is 0. The normalized spacial score (nSPS) is 14.6. The molecule has 0 aliphatic heterocycles. The van der Waals surface area contributed by atoms with Crippen molar-refractivity contribution in [3.05, 3.63) is 0 Å². The minimum atomic E-state index is 0.187. The maximum atomic E-state index is 6.33. The third-order valence-electron chi connectivity index (χ3n) is 4.44. The fraction of sp³-hybridized carbons (Fsp3) is 1.00. The lowest BCUT2D eigenvalue weighted by atomic mass is 9.79. The van der Waals surface area contributed by atoms with Crippen LogP contribution < -0.4 is 5.73 Å². The molecule has 0 fully saturated rings. The lowest BCUT2D eigenvalue weighted by Crippen LogP contribution is -2.58. The van der Waals surface area contributed by atoms with Crippen molar-refractivity contribution in [2.24, 2.45) is 17.6 Å². The van der Waals surface area contributed by atoms with E-state index in [0.717, 1.165) is 6.54 Å². The van der Waals surface area contributed by atoms with Gasteiger partial charge in [-0.2, -0.15) is 0 Å². The highest BCUT2D eigenvalue weighted by Crippen LogP contribution is 2.33. The summed E-state index contributed by atoms with van der Waals surface area (Å²) in [5.74, 6) is 1.40. The van der Waals surface area contributed by atoms with E-state index in [9.17, 15) is 0 Å². The standard InChI is InChI=1S/C18H40N2/c1-8-10-11-20(17(7)9-2)18(14-19,12-15(3)4)13-16(5)6/h15-17H,8-14,19H2,1-7H3. The van der Waals surface area contributed by atoms with E-state index in [4.69, 9.17) is 5.73 Å². The van der Waals surface area contributed by atoms with Crippen molar-refractivity contribution in [1.29, 1.82) is 0 Å². The van der Waals surface area contributed by atoms with Gasteiger partial charge in [0.25, 0.3) is 0 Å². The molecule has 0 aliphatic rings. The summed E-state index contributed by atoms with van der Waals surface area (Å²) in [6, 6.07) is 0.627. The molecular weight excluding hydrogens is 244 g/mol. The topological polar surface area (TPSA) is 29.3 Å². The molecule has 2 N–H and O–H groups in total. The van der Waals surface area contributed by atoms with Crippen LogP contribution in [0.15, 0.2) is 0 Å². The average Bonchev–Trinajstić information content (AvgIpc) is 2.36. The van der Waals surface area contributed by atoms with Crippen molar-refractivity contribution in [3.63, 3.8) is 0 Å². The second kappa shape index (κ2) is 9.78. The summed E-state index contributed by atoms with van der Waals surface area (Å²) in [5, 5.41) is 0. The van der Waals surface area contributed by atoms with Crippen molar-refractivity contribution in [1.82, 2.24) is 4.90 Å². The molecule has 0 aromatic carbocycles. The van der Waals surface area contributed by atoms with Crippen LogP contribution in [0.3, 0.4) is 0 Å². The van der Waals surface area contributed by atoms with Crippen LogP contribution in [0.1, 0.15) is 80.6 Å². The average molecular weight is 285 g/mol. The Bertz CT molecular complexity index is 226. The Morgan fingerprint density at radius 1 is 0.950 bits per heavy atom. The second-order valence-corrected chi connectivity index (χ2v) is 7.43. The number of hydrogen-bond acceptors (Lipinski definition) is 2. The maximum Gasteiger partial charge on any atom is 0.0339 e. The van der Waals surface area contributed by atoms with E-state index in [2.05, 4.69) is 53.4 Å². The van der Waals surface area contributed by atoms with E-state index >= 15 is 0 Å². The van der Waals surface area contributed by atoms with Gasteiger partial charge in [-0.3, -0.25) is 4.90 Å². The molecule has 0 saturated heterocycles. The smallest absolute Gasteiger partial charge is 0.0339 e. The van der Waals surface area contributed by atoms with E-state index in [1.807, 2.05) is 0 Å². The SMILES string of the molecule is CCCCN(C(C)CC)C(CN)(CC(C)C)CC(C)C.